The van der Waals surface area contributed by atoms with Crippen LogP contribution in [0.15, 0.2) is 0 Å². The molecule has 0 aliphatic heterocycles. The van der Waals surface area contributed by atoms with Crippen molar-refractivity contribution >= 4 is 21.8 Å². The van der Waals surface area contributed by atoms with Crippen molar-refractivity contribution in [3.8, 4) is 0 Å². The normalized spacial score (nSPS) is 12.4. The molecule has 0 aliphatic rings. The summed E-state index contributed by atoms with van der Waals surface area (Å²) in [6.45, 7) is 5.14. The van der Waals surface area contributed by atoms with E-state index in [0.717, 1.165) is 18.3 Å². The van der Waals surface area contributed by atoms with Crippen molar-refractivity contribution in [3.05, 3.63) is 0 Å². The summed E-state index contributed by atoms with van der Waals surface area (Å²) in [6, 6.07) is 0. The molecule has 0 aromatic heterocycles. The first-order valence-electron chi connectivity index (χ1n) is 6.53. The van der Waals surface area contributed by atoms with Crippen molar-refractivity contribution in [2.75, 3.05) is 11.9 Å². The van der Waals surface area contributed by atoms with Gasteiger partial charge in [0.15, 0.2) is 0 Å². The van der Waals surface area contributed by atoms with E-state index in [9.17, 15) is 4.79 Å². The number of hydrogen-bond donors (Lipinski definition) is 1. The predicted molar refractivity (Wildman–Crippen MR) is 74.0 cm³/mol. The van der Waals surface area contributed by atoms with Crippen molar-refractivity contribution in [1.82, 2.24) is 5.32 Å². The molecule has 3 heteroatoms. The highest BCUT2D eigenvalue weighted by atomic mass is 79.9. The lowest BCUT2D eigenvalue weighted by Crippen LogP contribution is -2.28. The summed E-state index contributed by atoms with van der Waals surface area (Å²) < 4.78 is 0. The highest BCUT2D eigenvalue weighted by Crippen LogP contribution is 2.06. The van der Waals surface area contributed by atoms with Crippen LogP contribution in [-0.2, 0) is 4.79 Å². The van der Waals surface area contributed by atoms with E-state index < -0.39 is 0 Å². The molecule has 0 aliphatic carbocycles. The first-order valence-corrected chi connectivity index (χ1v) is 7.65. The van der Waals surface area contributed by atoms with Crippen LogP contribution in [0.5, 0.6) is 0 Å². The molecule has 96 valence electrons. The summed E-state index contributed by atoms with van der Waals surface area (Å²) in [6.07, 6.45) is 8.14. The molecule has 16 heavy (non-hydrogen) atoms. The number of rotatable bonds is 10. The fourth-order valence-electron chi connectivity index (χ4n) is 1.50. The third-order valence-corrected chi connectivity index (χ3v) is 3.77. The van der Waals surface area contributed by atoms with E-state index in [2.05, 4.69) is 35.1 Å². The van der Waals surface area contributed by atoms with E-state index in [0.29, 0.717) is 12.3 Å². The molecule has 0 saturated heterocycles. The van der Waals surface area contributed by atoms with Crippen LogP contribution in [-0.4, -0.2) is 17.8 Å². The Labute approximate surface area is 109 Å². The zero-order valence-corrected chi connectivity index (χ0v) is 12.3. The van der Waals surface area contributed by atoms with Crippen LogP contribution in [0.3, 0.4) is 0 Å². The molecule has 0 bridgehead atoms. The summed E-state index contributed by atoms with van der Waals surface area (Å²) in [5.41, 5.74) is 0. The number of hydrogen-bond acceptors (Lipinski definition) is 1. The monoisotopic (exact) mass is 291 g/mol. The lowest BCUT2D eigenvalue weighted by molar-refractivity contribution is -0.121. The summed E-state index contributed by atoms with van der Waals surface area (Å²) >= 11 is 3.40. The number of carbonyl (C=O) groups is 1. The summed E-state index contributed by atoms with van der Waals surface area (Å²) in [7, 11) is 0. The second-order valence-electron chi connectivity index (χ2n) is 4.58. The number of carbonyl (C=O) groups excluding carboxylic acids is 1. The Morgan fingerprint density at radius 1 is 1.19 bits per heavy atom. The maximum absolute atomic E-state index is 11.4. The fraction of sp³-hybridized carbons (Fsp3) is 0.923. The molecule has 0 aromatic rings. The molecular weight excluding hydrogens is 266 g/mol. The number of alkyl halides is 1. The number of halogens is 1. The first-order chi connectivity index (χ1) is 7.70. The number of unbranched alkanes of at least 4 members (excludes halogenated alkanes) is 5. The molecule has 2 nitrogen and oxygen atoms in total. The summed E-state index contributed by atoms with van der Waals surface area (Å²) in [4.78, 5) is 11.4. The smallest absolute Gasteiger partial charge is 0.220 e. The lowest BCUT2D eigenvalue weighted by Gasteiger charge is -2.09. The van der Waals surface area contributed by atoms with Crippen LogP contribution in [0.2, 0.25) is 0 Å². The lowest BCUT2D eigenvalue weighted by atomic mass is 10.1. The van der Waals surface area contributed by atoms with Gasteiger partial charge in [0.25, 0.3) is 0 Å². The van der Waals surface area contributed by atoms with Crippen LogP contribution in [0.4, 0.5) is 0 Å². The second kappa shape index (κ2) is 11.4. The molecule has 1 N–H and O–H groups in total. The molecule has 0 heterocycles. The maximum atomic E-state index is 11.4. The average molecular weight is 292 g/mol. The Morgan fingerprint density at radius 3 is 2.44 bits per heavy atom. The van der Waals surface area contributed by atoms with Crippen molar-refractivity contribution in [1.29, 1.82) is 0 Å². The minimum absolute atomic E-state index is 0.211. The van der Waals surface area contributed by atoms with Crippen molar-refractivity contribution in [2.45, 2.75) is 58.8 Å². The third-order valence-electron chi connectivity index (χ3n) is 2.67. The molecule has 0 aromatic carbocycles. The van der Waals surface area contributed by atoms with Crippen molar-refractivity contribution in [3.63, 3.8) is 0 Å². The molecular formula is C13H26BrNO. The third kappa shape index (κ3) is 10.5. The van der Waals surface area contributed by atoms with E-state index >= 15 is 0 Å². The summed E-state index contributed by atoms with van der Waals surface area (Å²) in [5, 5.41) is 3.92. The molecule has 0 saturated carbocycles. The standard InChI is InChI=1S/C13H26BrNO/c1-3-4-5-6-7-8-9-13(16)15-11-12(2)10-14/h12H,3-11H2,1-2H3,(H,15,16). The predicted octanol–water partition coefficient (Wildman–Crippen LogP) is 3.88. The highest BCUT2D eigenvalue weighted by molar-refractivity contribution is 9.09. The first kappa shape index (κ1) is 16.0. The Balaban J connectivity index is 3.24. The Morgan fingerprint density at radius 2 is 1.81 bits per heavy atom. The SMILES string of the molecule is CCCCCCCCC(=O)NCC(C)CBr. The highest BCUT2D eigenvalue weighted by Gasteiger charge is 2.03. The van der Waals surface area contributed by atoms with Gasteiger partial charge in [-0.1, -0.05) is 61.9 Å². The van der Waals surface area contributed by atoms with Crippen molar-refractivity contribution < 1.29 is 4.79 Å². The van der Waals surface area contributed by atoms with Gasteiger partial charge in [-0.25, -0.2) is 0 Å². The van der Waals surface area contributed by atoms with E-state index in [1.807, 2.05) is 0 Å². The zero-order chi connectivity index (χ0) is 12.2. The van der Waals surface area contributed by atoms with Crippen LogP contribution in [0.1, 0.15) is 58.8 Å². The van der Waals surface area contributed by atoms with Crippen LogP contribution >= 0.6 is 15.9 Å². The van der Waals surface area contributed by atoms with E-state index in [-0.39, 0.29) is 5.91 Å². The van der Waals surface area contributed by atoms with Crippen LogP contribution in [0, 0.1) is 5.92 Å². The number of nitrogens with one attached hydrogen (secondary N) is 1. The molecule has 1 unspecified atom stereocenters. The van der Waals surface area contributed by atoms with Gasteiger partial charge in [0.05, 0.1) is 0 Å². The molecule has 1 atom stereocenters. The van der Waals surface area contributed by atoms with Gasteiger partial charge in [0, 0.05) is 18.3 Å². The quantitative estimate of drug-likeness (QED) is 0.480. The van der Waals surface area contributed by atoms with Gasteiger partial charge in [0.1, 0.15) is 0 Å². The van der Waals surface area contributed by atoms with Crippen molar-refractivity contribution in [2.24, 2.45) is 5.92 Å². The Kier molecular flexibility index (Phi) is 11.4. The van der Waals surface area contributed by atoms with Gasteiger partial charge >= 0.3 is 0 Å². The minimum atomic E-state index is 0.211. The Bertz CT molecular complexity index is 173. The van der Waals surface area contributed by atoms with Crippen LogP contribution < -0.4 is 5.32 Å². The molecule has 0 spiro atoms. The van der Waals surface area contributed by atoms with E-state index in [4.69, 9.17) is 0 Å². The van der Waals surface area contributed by atoms with Gasteiger partial charge < -0.3 is 5.32 Å². The number of amides is 1. The molecule has 0 rings (SSSR count). The van der Waals surface area contributed by atoms with Gasteiger partial charge in [-0.15, -0.1) is 0 Å². The van der Waals surface area contributed by atoms with Gasteiger partial charge in [0.2, 0.25) is 5.91 Å². The minimum Gasteiger partial charge on any atom is -0.356 e. The molecule has 0 radical (unpaired) electrons. The fourth-order valence-corrected chi connectivity index (χ4v) is 1.73. The van der Waals surface area contributed by atoms with Crippen LogP contribution in [0.25, 0.3) is 0 Å². The molecule has 0 fully saturated rings. The topological polar surface area (TPSA) is 29.1 Å². The largest absolute Gasteiger partial charge is 0.356 e. The summed E-state index contributed by atoms with van der Waals surface area (Å²) in [5.74, 6) is 0.733. The van der Waals surface area contributed by atoms with E-state index in [1.54, 1.807) is 0 Å². The van der Waals surface area contributed by atoms with Gasteiger partial charge in [-0.3, -0.25) is 4.79 Å². The Hall–Kier alpha value is -0.0500. The van der Waals surface area contributed by atoms with Gasteiger partial charge in [-0.05, 0) is 12.3 Å². The second-order valence-corrected chi connectivity index (χ2v) is 5.23. The maximum Gasteiger partial charge on any atom is 0.220 e. The molecule has 1 amide bonds. The van der Waals surface area contributed by atoms with Gasteiger partial charge in [-0.2, -0.15) is 0 Å². The van der Waals surface area contributed by atoms with E-state index in [1.165, 1.54) is 32.1 Å². The zero-order valence-electron chi connectivity index (χ0n) is 10.7. The average Bonchev–Trinajstić information content (AvgIpc) is 2.30.